The van der Waals surface area contributed by atoms with E-state index in [0.29, 0.717) is 0 Å². The first-order valence-electron chi connectivity index (χ1n) is 22.8. The Balaban J connectivity index is 0.912. The van der Waals surface area contributed by atoms with Gasteiger partial charge < -0.3 is 9.30 Å². The minimum atomic E-state index is -0.507. The smallest absolute Gasteiger partial charge is 0.132 e. The molecule has 0 amide bonds. The van der Waals surface area contributed by atoms with Crippen molar-refractivity contribution in [2.45, 2.75) is 17.8 Å². The fraction of sp³-hybridized carbons (Fsp3) is 0.0476. The van der Waals surface area contributed by atoms with Crippen LogP contribution in [0.5, 0.6) is 11.5 Å². The maximum absolute atomic E-state index is 6.68. The van der Waals surface area contributed by atoms with E-state index in [9.17, 15) is 0 Å². The predicted molar refractivity (Wildman–Crippen MR) is 266 cm³/mol. The predicted octanol–water partition coefficient (Wildman–Crippen LogP) is 15.9. The molecule has 14 rings (SSSR count). The minimum Gasteiger partial charge on any atom is -0.457 e. The number of hydrogen-bond donors (Lipinski definition) is 0. The highest BCUT2D eigenvalue weighted by Crippen LogP contribution is 2.64. The summed E-state index contributed by atoms with van der Waals surface area (Å²) in [6, 6.07) is 85.2. The van der Waals surface area contributed by atoms with Gasteiger partial charge >= 0.3 is 0 Å². The Labute approximate surface area is 378 Å². The molecule has 1 atom stereocenters. The quantitative estimate of drug-likeness (QED) is 0.172. The second kappa shape index (κ2) is 13.9. The lowest BCUT2D eigenvalue weighted by Crippen LogP contribution is -2.32. The number of hydrogen-bond acceptors (Lipinski definition) is 1. The van der Waals surface area contributed by atoms with Gasteiger partial charge in [0.15, 0.2) is 0 Å². The summed E-state index contributed by atoms with van der Waals surface area (Å²) in [5.41, 5.74) is 22.5. The lowest BCUT2D eigenvalue weighted by molar-refractivity contribution is 0.436. The molecule has 0 saturated heterocycles. The molecule has 0 N–H and O–H groups in total. The van der Waals surface area contributed by atoms with Crippen molar-refractivity contribution in [2.75, 3.05) is 0 Å². The molecule has 0 radical (unpaired) electrons. The van der Waals surface area contributed by atoms with Crippen molar-refractivity contribution in [3.05, 3.63) is 269 Å². The van der Waals surface area contributed by atoms with Gasteiger partial charge in [0.1, 0.15) is 11.5 Å². The number of nitrogens with zero attached hydrogens (tertiary/aromatic N) is 1. The van der Waals surface area contributed by atoms with E-state index in [1.807, 2.05) is 0 Å². The zero-order valence-corrected chi connectivity index (χ0v) is 35.6. The maximum atomic E-state index is 6.68. The van der Waals surface area contributed by atoms with Crippen LogP contribution >= 0.6 is 0 Å². The van der Waals surface area contributed by atoms with Crippen LogP contribution in [0.3, 0.4) is 0 Å². The Morgan fingerprint density at radius 3 is 1.65 bits per heavy atom. The van der Waals surface area contributed by atoms with E-state index in [1.165, 1.54) is 111 Å². The summed E-state index contributed by atoms with van der Waals surface area (Å²) < 4.78 is 9.06. The van der Waals surface area contributed by atoms with E-state index in [2.05, 4.69) is 235 Å². The van der Waals surface area contributed by atoms with Gasteiger partial charge in [0, 0.05) is 33.5 Å². The number of benzene rings is 10. The minimum absolute atomic E-state index is 0.165. The lowest BCUT2D eigenvalue weighted by atomic mass is 9.65. The summed E-state index contributed by atoms with van der Waals surface area (Å²) in [6.07, 6.45) is 0.896. The van der Waals surface area contributed by atoms with Crippen LogP contribution in [-0.4, -0.2) is 4.57 Å². The second-order valence-electron chi connectivity index (χ2n) is 17.9. The maximum Gasteiger partial charge on any atom is 0.132 e. The highest BCUT2D eigenvalue weighted by Gasteiger charge is 2.52. The fourth-order valence-corrected chi connectivity index (χ4v) is 11.9. The van der Waals surface area contributed by atoms with Gasteiger partial charge in [-0.25, -0.2) is 0 Å². The van der Waals surface area contributed by atoms with Crippen molar-refractivity contribution in [1.29, 1.82) is 0 Å². The second-order valence-corrected chi connectivity index (χ2v) is 17.9. The van der Waals surface area contributed by atoms with Crippen LogP contribution in [0.25, 0.3) is 72.0 Å². The third-order valence-corrected chi connectivity index (χ3v) is 14.7. The highest BCUT2D eigenvalue weighted by atomic mass is 16.5. The van der Waals surface area contributed by atoms with Gasteiger partial charge in [-0.3, -0.25) is 0 Å². The molecule has 10 aromatic carbocycles. The number of ether oxygens (including phenoxy) is 1. The summed E-state index contributed by atoms with van der Waals surface area (Å²) in [5.74, 6) is 2.01. The first kappa shape index (κ1) is 36.3. The molecule has 2 heterocycles. The first-order chi connectivity index (χ1) is 32.2. The van der Waals surface area contributed by atoms with Crippen molar-refractivity contribution < 1.29 is 4.74 Å². The van der Waals surface area contributed by atoms with E-state index in [-0.39, 0.29) is 5.92 Å². The molecule has 0 fully saturated rings. The Bertz CT molecular complexity index is 3610. The molecule has 2 heteroatoms. The van der Waals surface area contributed by atoms with Crippen LogP contribution < -0.4 is 4.74 Å². The van der Waals surface area contributed by atoms with E-state index in [1.54, 1.807) is 0 Å². The third-order valence-electron chi connectivity index (χ3n) is 14.7. The van der Waals surface area contributed by atoms with Gasteiger partial charge in [-0.05, 0) is 121 Å². The Morgan fingerprint density at radius 2 is 0.954 bits per heavy atom. The normalized spacial score (nSPS) is 14.8. The van der Waals surface area contributed by atoms with Crippen molar-refractivity contribution in [3.63, 3.8) is 0 Å². The number of rotatable bonds is 4. The molecule has 1 aliphatic heterocycles. The standard InChI is InChI=1S/C63H41NO/c1-2-14-40(15-3-1)44-32-35-46-51(43-28-26-41(27-29-43)42-30-33-45(34-31-42)64-58-22-10-5-16-48(58)49-17-6-11-23-59(49)64)39-53-47(52(46)38-44)36-37-57-62(53)50-18-4-7-19-54(50)63(57)55-20-8-12-24-60(55)65-61-25-13-9-21-56(61)63/h1-38,51H,39H2. The average Bonchev–Trinajstić information content (AvgIpc) is 3.87. The van der Waals surface area contributed by atoms with Crippen LogP contribution in [0, 0.1) is 0 Å². The van der Waals surface area contributed by atoms with E-state index in [4.69, 9.17) is 4.74 Å². The zero-order chi connectivity index (χ0) is 42.6. The molecular weight excluding hydrogens is 787 g/mol. The van der Waals surface area contributed by atoms with E-state index in [0.717, 1.165) is 17.9 Å². The van der Waals surface area contributed by atoms with Crippen LogP contribution in [0.15, 0.2) is 231 Å². The summed E-state index contributed by atoms with van der Waals surface area (Å²) in [4.78, 5) is 0. The summed E-state index contributed by atoms with van der Waals surface area (Å²) >= 11 is 0. The topological polar surface area (TPSA) is 14.2 Å². The lowest BCUT2D eigenvalue weighted by Gasteiger charge is -2.39. The molecule has 1 spiro atoms. The van der Waals surface area contributed by atoms with Crippen molar-refractivity contribution in [2.24, 2.45) is 0 Å². The fourth-order valence-electron chi connectivity index (χ4n) is 11.9. The summed E-state index contributed by atoms with van der Waals surface area (Å²) in [6.45, 7) is 0. The number of para-hydroxylation sites is 4. The Kier molecular flexibility index (Phi) is 7.76. The molecule has 0 bridgehead atoms. The highest BCUT2D eigenvalue weighted by molar-refractivity contribution is 6.09. The van der Waals surface area contributed by atoms with Gasteiger partial charge in [-0.15, -0.1) is 0 Å². The molecule has 0 saturated carbocycles. The molecule has 65 heavy (non-hydrogen) atoms. The Morgan fingerprint density at radius 1 is 0.400 bits per heavy atom. The molecule has 3 aliphatic rings. The molecule has 1 unspecified atom stereocenters. The number of fused-ring (bicyclic) bond motifs is 16. The van der Waals surface area contributed by atoms with Crippen molar-refractivity contribution in [3.8, 4) is 61.7 Å². The SMILES string of the molecule is c1ccc(-c2ccc3c(c2)-c2ccc4c(c2CC3c2ccc(-c3ccc(-n5c6ccccc6c6ccccc65)cc3)cc2)-c2ccccc2C42c3ccccc3Oc3ccccc32)cc1. The number of aromatic nitrogens is 1. The van der Waals surface area contributed by atoms with Gasteiger partial charge in [0.05, 0.1) is 16.4 Å². The average molecular weight is 828 g/mol. The van der Waals surface area contributed by atoms with Crippen molar-refractivity contribution in [1.82, 2.24) is 4.57 Å². The van der Waals surface area contributed by atoms with Gasteiger partial charge in [0.25, 0.3) is 0 Å². The van der Waals surface area contributed by atoms with Crippen LogP contribution in [0.2, 0.25) is 0 Å². The molecule has 11 aromatic rings. The van der Waals surface area contributed by atoms with E-state index >= 15 is 0 Å². The summed E-state index contributed by atoms with van der Waals surface area (Å²) in [5, 5.41) is 2.55. The zero-order valence-electron chi connectivity index (χ0n) is 35.6. The van der Waals surface area contributed by atoms with Gasteiger partial charge in [0.2, 0.25) is 0 Å². The molecular formula is C63H41NO. The molecule has 304 valence electrons. The van der Waals surface area contributed by atoms with Crippen molar-refractivity contribution >= 4 is 21.8 Å². The molecule has 2 nitrogen and oxygen atoms in total. The van der Waals surface area contributed by atoms with Crippen LogP contribution in [0.1, 0.15) is 44.9 Å². The first-order valence-corrected chi connectivity index (χ1v) is 22.8. The third kappa shape index (κ3) is 5.17. The largest absolute Gasteiger partial charge is 0.457 e. The summed E-state index contributed by atoms with van der Waals surface area (Å²) in [7, 11) is 0. The van der Waals surface area contributed by atoms with E-state index < -0.39 is 5.41 Å². The monoisotopic (exact) mass is 827 g/mol. The molecule has 2 aliphatic carbocycles. The van der Waals surface area contributed by atoms with Crippen LogP contribution in [-0.2, 0) is 11.8 Å². The molecule has 1 aromatic heterocycles. The Hall–Kier alpha value is -8.20. The van der Waals surface area contributed by atoms with Crippen LogP contribution in [0.4, 0.5) is 0 Å². The van der Waals surface area contributed by atoms with Gasteiger partial charge in [-0.2, -0.15) is 0 Å². The van der Waals surface area contributed by atoms with Gasteiger partial charge in [-0.1, -0.05) is 188 Å².